The van der Waals surface area contributed by atoms with Crippen molar-refractivity contribution < 1.29 is 19.4 Å². The van der Waals surface area contributed by atoms with Crippen molar-refractivity contribution in [2.24, 2.45) is 5.41 Å². The van der Waals surface area contributed by atoms with Gasteiger partial charge < -0.3 is 20.5 Å². The molecule has 0 aromatic carbocycles. The average Bonchev–Trinajstić information content (AvgIpc) is 2.24. The van der Waals surface area contributed by atoms with Crippen molar-refractivity contribution in [1.29, 1.82) is 0 Å². The van der Waals surface area contributed by atoms with Gasteiger partial charge in [-0.2, -0.15) is 0 Å². The second-order valence-corrected chi connectivity index (χ2v) is 6.41. The number of urea groups is 1. The summed E-state index contributed by atoms with van der Waals surface area (Å²) in [5, 5.41) is 14.6. The van der Waals surface area contributed by atoms with Gasteiger partial charge in [-0.1, -0.05) is 20.8 Å². The molecule has 1 atom stereocenters. The molecule has 3 N–H and O–H groups in total. The average molecular weight is 272 g/mol. The summed E-state index contributed by atoms with van der Waals surface area (Å²) < 4.78 is 5.25. The maximum absolute atomic E-state index is 12.0. The fraction of sp³-hybridized carbons (Fsp3) is 0.846. The van der Waals surface area contributed by atoms with E-state index in [1.54, 1.807) is 20.8 Å². The number of rotatable bonds is 3. The van der Waals surface area contributed by atoms with Gasteiger partial charge in [0.05, 0.1) is 0 Å². The Bertz CT molecular complexity index is 343. The predicted molar refractivity (Wildman–Crippen MR) is 71.0 cm³/mol. The number of nitrogens with one attached hydrogen (secondary N) is 2. The molecule has 0 spiro atoms. The Balaban J connectivity index is 2.60. The monoisotopic (exact) mass is 272 g/mol. The number of hydrogen-bond acceptors (Lipinski definition) is 3. The van der Waals surface area contributed by atoms with Crippen LogP contribution in [0.3, 0.4) is 0 Å². The van der Waals surface area contributed by atoms with Crippen LogP contribution in [0.1, 0.15) is 40.5 Å². The zero-order chi connectivity index (χ0) is 14.7. The third-order valence-electron chi connectivity index (χ3n) is 3.40. The maximum Gasteiger partial charge on any atom is 0.326 e. The second kappa shape index (κ2) is 5.77. The summed E-state index contributed by atoms with van der Waals surface area (Å²) in [6.45, 7) is 8.51. The fourth-order valence-electron chi connectivity index (χ4n) is 2.04. The van der Waals surface area contributed by atoms with E-state index < -0.39 is 23.5 Å². The minimum Gasteiger partial charge on any atom is -0.480 e. The SMILES string of the molecule is CC1(NC(=O)NC(C(=O)O)C(C)(C)C)CCOCC1. The third kappa shape index (κ3) is 4.70. The normalized spacial score (nSPS) is 20.4. The highest BCUT2D eigenvalue weighted by molar-refractivity contribution is 5.83. The zero-order valence-electron chi connectivity index (χ0n) is 12.1. The molecular weight excluding hydrogens is 248 g/mol. The molecule has 6 nitrogen and oxygen atoms in total. The summed E-state index contributed by atoms with van der Waals surface area (Å²) in [6, 6.07) is -1.36. The molecule has 0 radical (unpaired) electrons. The van der Waals surface area contributed by atoms with Crippen molar-refractivity contribution in [3.8, 4) is 0 Å². The van der Waals surface area contributed by atoms with E-state index >= 15 is 0 Å². The Morgan fingerprint density at radius 3 is 2.21 bits per heavy atom. The van der Waals surface area contributed by atoms with Crippen molar-refractivity contribution in [3.05, 3.63) is 0 Å². The number of carboxylic acids is 1. The van der Waals surface area contributed by atoms with E-state index in [2.05, 4.69) is 10.6 Å². The predicted octanol–water partition coefficient (Wildman–Crippen LogP) is 1.35. The molecule has 1 heterocycles. The molecule has 0 bridgehead atoms. The summed E-state index contributed by atoms with van der Waals surface area (Å²) in [7, 11) is 0. The van der Waals surface area contributed by atoms with Crippen molar-refractivity contribution in [3.63, 3.8) is 0 Å². The lowest BCUT2D eigenvalue weighted by atomic mass is 9.87. The number of carboxylic acid groups (broad SMARTS) is 1. The first-order valence-electron chi connectivity index (χ1n) is 6.53. The van der Waals surface area contributed by atoms with E-state index in [0.29, 0.717) is 13.2 Å². The van der Waals surface area contributed by atoms with Crippen LogP contribution >= 0.6 is 0 Å². The number of carbonyl (C=O) groups is 2. The highest BCUT2D eigenvalue weighted by Gasteiger charge is 2.35. The molecule has 0 aromatic heterocycles. The molecule has 1 saturated heterocycles. The van der Waals surface area contributed by atoms with E-state index in [1.165, 1.54) is 0 Å². The molecule has 1 aliphatic rings. The minimum absolute atomic E-state index is 0.330. The third-order valence-corrected chi connectivity index (χ3v) is 3.40. The molecule has 1 aliphatic heterocycles. The van der Waals surface area contributed by atoms with Crippen molar-refractivity contribution in [2.75, 3.05) is 13.2 Å². The van der Waals surface area contributed by atoms with Crippen molar-refractivity contribution in [1.82, 2.24) is 10.6 Å². The van der Waals surface area contributed by atoms with E-state index in [-0.39, 0.29) is 5.54 Å². The van der Waals surface area contributed by atoms with Crippen LogP contribution in [-0.4, -0.2) is 41.9 Å². The summed E-state index contributed by atoms with van der Waals surface area (Å²) in [5.41, 5.74) is -0.872. The van der Waals surface area contributed by atoms with Gasteiger partial charge >= 0.3 is 12.0 Å². The molecule has 0 aliphatic carbocycles. The summed E-state index contributed by atoms with van der Waals surface area (Å²) >= 11 is 0. The van der Waals surface area contributed by atoms with Crippen LogP contribution in [0.5, 0.6) is 0 Å². The van der Waals surface area contributed by atoms with Gasteiger partial charge in [0, 0.05) is 18.8 Å². The van der Waals surface area contributed by atoms with Crippen LogP contribution in [0.25, 0.3) is 0 Å². The molecule has 2 amide bonds. The number of ether oxygens (including phenoxy) is 1. The molecule has 110 valence electrons. The van der Waals surface area contributed by atoms with Crippen molar-refractivity contribution >= 4 is 12.0 Å². The Hall–Kier alpha value is -1.30. The van der Waals surface area contributed by atoms with Crippen LogP contribution in [0.4, 0.5) is 4.79 Å². The second-order valence-electron chi connectivity index (χ2n) is 6.41. The molecule has 0 saturated carbocycles. The molecule has 19 heavy (non-hydrogen) atoms. The lowest BCUT2D eigenvalue weighted by Gasteiger charge is -2.36. The van der Waals surface area contributed by atoms with E-state index in [1.807, 2.05) is 6.92 Å². The molecule has 1 fully saturated rings. The molecule has 6 heteroatoms. The standard InChI is InChI=1S/C13H24N2O4/c1-12(2,3)9(10(16)17)14-11(18)15-13(4)5-7-19-8-6-13/h9H,5-8H2,1-4H3,(H,16,17)(H2,14,15,18). The topological polar surface area (TPSA) is 87.7 Å². The summed E-state index contributed by atoms with van der Waals surface area (Å²) in [5.74, 6) is -1.03. The highest BCUT2D eigenvalue weighted by Crippen LogP contribution is 2.21. The largest absolute Gasteiger partial charge is 0.480 e. The Morgan fingerprint density at radius 1 is 1.26 bits per heavy atom. The molecular formula is C13H24N2O4. The number of hydrogen-bond donors (Lipinski definition) is 3. The molecule has 0 aromatic rings. The lowest BCUT2D eigenvalue weighted by Crippen LogP contribution is -2.58. The smallest absolute Gasteiger partial charge is 0.326 e. The Kier molecular flexibility index (Phi) is 4.79. The van der Waals surface area contributed by atoms with Crippen LogP contribution in [0.15, 0.2) is 0 Å². The van der Waals surface area contributed by atoms with Gasteiger partial charge in [0.15, 0.2) is 0 Å². The van der Waals surface area contributed by atoms with E-state index in [9.17, 15) is 9.59 Å². The number of aliphatic carboxylic acids is 1. The number of amides is 2. The number of carbonyl (C=O) groups excluding carboxylic acids is 1. The van der Waals surface area contributed by atoms with Gasteiger partial charge in [-0.05, 0) is 25.2 Å². The zero-order valence-corrected chi connectivity index (χ0v) is 12.1. The van der Waals surface area contributed by atoms with Crippen LogP contribution in [0, 0.1) is 5.41 Å². The highest BCUT2D eigenvalue weighted by atomic mass is 16.5. The summed E-state index contributed by atoms with van der Waals surface area (Å²) in [4.78, 5) is 23.1. The van der Waals surface area contributed by atoms with Gasteiger partial charge in [-0.15, -0.1) is 0 Å². The molecule has 1 rings (SSSR count). The van der Waals surface area contributed by atoms with Gasteiger partial charge in [-0.25, -0.2) is 9.59 Å². The van der Waals surface area contributed by atoms with Crippen LogP contribution in [-0.2, 0) is 9.53 Å². The van der Waals surface area contributed by atoms with Crippen LogP contribution < -0.4 is 10.6 Å². The van der Waals surface area contributed by atoms with Gasteiger partial charge in [0.1, 0.15) is 6.04 Å². The van der Waals surface area contributed by atoms with E-state index in [4.69, 9.17) is 9.84 Å². The van der Waals surface area contributed by atoms with Gasteiger partial charge in [0.25, 0.3) is 0 Å². The molecule has 1 unspecified atom stereocenters. The van der Waals surface area contributed by atoms with Crippen LogP contribution in [0.2, 0.25) is 0 Å². The van der Waals surface area contributed by atoms with Gasteiger partial charge in [0.2, 0.25) is 0 Å². The first-order valence-corrected chi connectivity index (χ1v) is 6.53. The minimum atomic E-state index is -1.03. The summed E-state index contributed by atoms with van der Waals surface area (Å²) in [6.07, 6.45) is 1.46. The first kappa shape index (κ1) is 15.8. The quantitative estimate of drug-likeness (QED) is 0.723. The fourth-order valence-corrected chi connectivity index (χ4v) is 2.04. The van der Waals surface area contributed by atoms with Gasteiger partial charge in [-0.3, -0.25) is 0 Å². The Morgan fingerprint density at radius 2 is 1.79 bits per heavy atom. The lowest BCUT2D eigenvalue weighted by molar-refractivity contribution is -0.141. The van der Waals surface area contributed by atoms with E-state index in [0.717, 1.165) is 12.8 Å². The van der Waals surface area contributed by atoms with Crippen molar-refractivity contribution in [2.45, 2.75) is 52.1 Å². The first-order chi connectivity index (χ1) is 8.64. The maximum atomic E-state index is 12.0. The Labute approximate surface area is 113 Å².